The highest BCUT2D eigenvalue weighted by Crippen LogP contribution is 2.34. The lowest BCUT2D eigenvalue weighted by Crippen LogP contribution is -2.41. The van der Waals surface area contributed by atoms with Crippen LogP contribution in [0.25, 0.3) is 10.2 Å². The third-order valence-electron chi connectivity index (χ3n) is 4.02. The number of thiophene rings is 1. The summed E-state index contributed by atoms with van der Waals surface area (Å²) in [4.78, 5) is 24.4. The lowest BCUT2D eigenvalue weighted by atomic mass is 9.99. The van der Waals surface area contributed by atoms with Crippen LogP contribution in [0, 0.1) is 0 Å². The quantitative estimate of drug-likeness (QED) is 0.940. The van der Waals surface area contributed by atoms with E-state index in [9.17, 15) is 4.79 Å². The Morgan fingerprint density at radius 3 is 3.10 bits per heavy atom. The zero-order valence-electron chi connectivity index (χ0n) is 12.1. The zero-order valence-corrected chi connectivity index (χ0v) is 12.9. The first-order chi connectivity index (χ1) is 10.2. The molecular formula is C15H19N3O2S. The number of aryl methyl sites for hydroxylation is 1. The molecule has 1 aliphatic rings. The van der Waals surface area contributed by atoms with E-state index in [4.69, 9.17) is 5.11 Å². The average Bonchev–Trinajstić information content (AvgIpc) is 2.90. The summed E-state index contributed by atoms with van der Waals surface area (Å²) in [6.07, 6.45) is 5.86. The largest absolute Gasteiger partial charge is 0.481 e. The molecule has 5 nitrogen and oxygen atoms in total. The van der Waals surface area contributed by atoms with Crippen LogP contribution in [0.5, 0.6) is 0 Å². The van der Waals surface area contributed by atoms with Crippen LogP contribution in [-0.2, 0) is 11.2 Å². The van der Waals surface area contributed by atoms with Crippen molar-refractivity contribution in [1.82, 2.24) is 9.97 Å². The minimum absolute atomic E-state index is 0.0410. The smallest absolute Gasteiger partial charge is 0.305 e. The second-order valence-electron chi connectivity index (χ2n) is 5.42. The summed E-state index contributed by atoms with van der Waals surface area (Å²) >= 11 is 1.70. The van der Waals surface area contributed by atoms with Crippen LogP contribution in [-0.4, -0.2) is 33.6 Å². The van der Waals surface area contributed by atoms with Gasteiger partial charge in [0.15, 0.2) is 0 Å². The summed E-state index contributed by atoms with van der Waals surface area (Å²) < 4.78 is 0. The van der Waals surface area contributed by atoms with Crippen molar-refractivity contribution in [2.75, 3.05) is 11.4 Å². The molecule has 1 atom stereocenters. The van der Waals surface area contributed by atoms with Crippen molar-refractivity contribution >= 4 is 33.3 Å². The summed E-state index contributed by atoms with van der Waals surface area (Å²) in [6, 6.07) is 2.20. The van der Waals surface area contributed by atoms with Crippen LogP contribution in [0.4, 0.5) is 5.82 Å². The molecule has 1 N–H and O–H groups in total. The van der Waals surface area contributed by atoms with E-state index in [1.54, 1.807) is 17.7 Å². The second kappa shape index (κ2) is 5.97. The molecule has 1 saturated heterocycles. The normalized spacial score (nSPS) is 19.1. The number of hydrogen-bond acceptors (Lipinski definition) is 5. The minimum atomic E-state index is -0.739. The molecule has 6 heteroatoms. The van der Waals surface area contributed by atoms with E-state index in [1.807, 2.05) is 0 Å². The van der Waals surface area contributed by atoms with Gasteiger partial charge in [0, 0.05) is 17.5 Å². The number of aliphatic carboxylic acids is 1. The van der Waals surface area contributed by atoms with Crippen molar-refractivity contribution < 1.29 is 9.90 Å². The summed E-state index contributed by atoms with van der Waals surface area (Å²) in [6.45, 7) is 3.01. The molecule has 0 radical (unpaired) electrons. The first kappa shape index (κ1) is 14.3. The Labute approximate surface area is 127 Å². The number of carboxylic acid groups (broad SMARTS) is 1. The average molecular weight is 305 g/mol. The molecule has 0 aliphatic carbocycles. The Balaban J connectivity index is 2.00. The minimum Gasteiger partial charge on any atom is -0.481 e. The van der Waals surface area contributed by atoms with Gasteiger partial charge in [-0.05, 0) is 31.7 Å². The van der Waals surface area contributed by atoms with Crippen molar-refractivity contribution in [3.8, 4) is 0 Å². The summed E-state index contributed by atoms with van der Waals surface area (Å²) in [5.41, 5.74) is 0. The Bertz CT molecular complexity index is 655. The molecule has 112 valence electrons. The fourth-order valence-electron chi connectivity index (χ4n) is 2.99. The van der Waals surface area contributed by atoms with Crippen LogP contribution in [0.2, 0.25) is 0 Å². The van der Waals surface area contributed by atoms with Gasteiger partial charge in [-0.2, -0.15) is 0 Å². The van der Waals surface area contributed by atoms with E-state index < -0.39 is 5.97 Å². The first-order valence-corrected chi connectivity index (χ1v) is 8.22. The predicted molar refractivity (Wildman–Crippen MR) is 84.0 cm³/mol. The van der Waals surface area contributed by atoms with Crippen molar-refractivity contribution in [2.45, 2.75) is 45.1 Å². The summed E-state index contributed by atoms with van der Waals surface area (Å²) in [5.74, 6) is 0.165. The van der Waals surface area contributed by atoms with Gasteiger partial charge in [0.1, 0.15) is 17.0 Å². The molecule has 0 amide bonds. The molecule has 3 heterocycles. The zero-order chi connectivity index (χ0) is 14.8. The maximum atomic E-state index is 11.1. The maximum Gasteiger partial charge on any atom is 0.305 e. The van der Waals surface area contributed by atoms with Gasteiger partial charge in [-0.15, -0.1) is 11.3 Å². The molecule has 21 heavy (non-hydrogen) atoms. The van der Waals surface area contributed by atoms with Crippen LogP contribution in [0.3, 0.4) is 0 Å². The van der Waals surface area contributed by atoms with Crippen molar-refractivity contribution in [2.24, 2.45) is 0 Å². The molecule has 0 aromatic carbocycles. The van der Waals surface area contributed by atoms with Gasteiger partial charge in [0.05, 0.1) is 11.8 Å². The summed E-state index contributed by atoms with van der Waals surface area (Å²) in [5, 5.41) is 10.2. The Kier molecular flexibility index (Phi) is 4.05. The third kappa shape index (κ3) is 2.85. The standard InChI is InChI=1S/C15H19N3O2S/c1-2-11-8-12-14(16-9-17-15(12)21-11)18-6-4-3-5-10(18)7-13(19)20/h8-10H,2-7H2,1H3,(H,19,20). The number of nitrogens with zero attached hydrogens (tertiary/aromatic N) is 3. The number of fused-ring (bicyclic) bond motifs is 1. The molecule has 1 aliphatic heterocycles. The van der Waals surface area contributed by atoms with Gasteiger partial charge in [-0.25, -0.2) is 9.97 Å². The van der Waals surface area contributed by atoms with Crippen LogP contribution in [0.15, 0.2) is 12.4 Å². The number of hydrogen-bond donors (Lipinski definition) is 1. The monoisotopic (exact) mass is 305 g/mol. The molecule has 1 fully saturated rings. The molecule has 2 aromatic heterocycles. The molecule has 3 rings (SSSR count). The second-order valence-corrected chi connectivity index (χ2v) is 6.54. The third-order valence-corrected chi connectivity index (χ3v) is 5.20. The predicted octanol–water partition coefficient (Wildman–Crippen LogP) is 3.09. The molecular weight excluding hydrogens is 286 g/mol. The van der Waals surface area contributed by atoms with E-state index in [2.05, 4.69) is 27.9 Å². The van der Waals surface area contributed by atoms with Crippen LogP contribution in [0.1, 0.15) is 37.5 Å². The van der Waals surface area contributed by atoms with Crippen molar-refractivity contribution in [1.29, 1.82) is 0 Å². The highest BCUT2D eigenvalue weighted by molar-refractivity contribution is 7.18. The molecule has 2 aromatic rings. The molecule has 0 bridgehead atoms. The maximum absolute atomic E-state index is 11.1. The highest BCUT2D eigenvalue weighted by Gasteiger charge is 2.27. The lowest BCUT2D eigenvalue weighted by Gasteiger charge is -2.36. The van der Waals surface area contributed by atoms with E-state index in [0.717, 1.165) is 48.3 Å². The SMILES string of the molecule is CCc1cc2c(N3CCCCC3CC(=O)O)ncnc2s1. The Morgan fingerprint density at radius 2 is 2.33 bits per heavy atom. The van der Waals surface area contributed by atoms with Gasteiger partial charge in [-0.1, -0.05) is 6.92 Å². The Morgan fingerprint density at radius 1 is 1.48 bits per heavy atom. The van der Waals surface area contributed by atoms with Crippen molar-refractivity contribution in [3.63, 3.8) is 0 Å². The Hall–Kier alpha value is -1.69. The first-order valence-electron chi connectivity index (χ1n) is 7.41. The van der Waals surface area contributed by atoms with Gasteiger partial charge in [-0.3, -0.25) is 4.79 Å². The van der Waals surface area contributed by atoms with E-state index in [1.165, 1.54) is 4.88 Å². The molecule has 0 spiro atoms. The number of carboxylic acids is 1. The number of rotatable bonds is 4. The molecule has 1 unspecified atom stereocenters. The van der Waals surface area contributed by atoms with E-state index in [0.29, 0.717) is 0 Å². The van der Waals surface area contributed by atoms with Gasteiger partial charge >= 0.3 is 5.97 Å². The van der Waals surface area contributed by atoms with Gasteiger partial charge < -0.3 is 10.0 Å². The fourth-order valence-corrected chi connectivity index (χ4v) is 3.92. The summed E-state index contributed by atoms with van der Waals surface area (Å²) in [7, 11) is 0. The van der Waals surface area contributed by atoms with Crippen LogP contribution < -0.4 is 4.90 Å². The number of aromatic nitrogens is 2. The van der Waals surface area contributed by atoms with E-state index in [-0.39, 0.29) is 12.5 Å². The van der Waals surface area contributed by atoms with Crippen molar-refractivity contribution in [3.05, 3.63) is 17.3 Å². The lowest BCUT2D eigenvalue weighted by molar-refractivity contribution is -0.137. The fraction of sp³-hybridized carbons (Fsp3) is 0.533. The van der Waals surface area contributed by atoms with E-state index >= 15 is 0 Å². The molecule has 0 saturated carbocycles. The van der Waals surface area contributed by atoms with Gasteiger partial charge in [0.25, 0.3) is 0 Å². The topological polar surface area (TPSA) is 66.3 Å². The number of carbonyl (C=O) groups is 1. The highest BCUT2D eigenvalue weighted by atomic mass is 32.1. The van der Waals surface area contributed by atoms with Crippen LogP contribution >= 0.6 is 11.3 Å². The van der Waals surface area contributed by atoms with Gasteiger partial charge in [0.2, 0.25) is 0 Å². The number of anilines is 1. The number of piperidine rings is 1.